The molecule has 3 nitrogen and oxygen atoms in total. The molecule has 2 N–H and O–H groups in total. The molecule has 0 aliphatic heterocycles. The van der Waals surface area contributed by atoms with Crippen LogP contribution in [0, 0.1) is 0 Å². The summed E-state index contributed by atoms with van der Waals surface area (Å²) < 4.78 is 0. The van der Waals surface area contributed by atoms with Crippen LogP contribution in [0.15, 0.2) is 18.3 Å². The first-order valence-electron chi connectivity index (χ1n) is 5.57. The molecule has 0 amide bonds. The Bertz CT molecular complexity index is 317. The molecule has 4 heteroatoms. The highest BCUT2D eigenvalue weighted by Gasteiger charge is 2.12. The maximum Gasteiger partial charge on any atom is 0.0564 e. The van der Waals surface area contributed by atoms with Crippen LogP contribution in [0.3, 0.4) is 0 Å². The molecule has 1 atom stereocenters. The Morgan fingerprint density at radius 3 is 2.88 bits per heavy atom. The Balaban J connectivity index is 2.58. The van der Waals surface area contributed by atoms with Crippen LogP contribution in [0.4, 0.5) is 5.69 Å². The van der Waals surface area contributed by atoms with Crippen LogP contribution in [0.2, 0.25) is 0 Å². The molecule has 0 bridgehead atoms. The Morgan fingerprint density at radius 1 is 1.56 bits per heavy atom. The predicted octanol–water partition coefficient (Wildman–Crippen LogP) is 2.24. The van der Waals surface area contributed by atoms with E-state index in [1.807, 2.05) is 23.9 Å². The summed E-state index contributed by atoms with van der Waals surface area (Å²) in [4.78, 5) is 6.67. The lowest BCUT2D eigenvalue weighted by Gasteiger charge is -2.26. The minimum Gasteiger partial charge on any atom is -0.399 e. The van der Waals surface area contributed by atoms with Crippen molar-refractivity contribution in [1.82, 2.24) is 9.88 Å². The Kier molecular flexibility index (Phi) is 5.63. The normalized spacial score (nSPS) is 13.0. The number of hydrogen-bond acceptors (Lipinski definition) is 4. The van der Waals surface area contributed by atoms with E-state index in [9.17, 15) is 0 Å². The van der Waals surface area contributed by atoms with E-state index < -0.39 is 0 Å². The molecule has 1 heterocycles. The lowest BCUT2D eigenvalue weighted by Crippen LogP contribution is -2.32. The Hall–Kier alpha value is -0.740. The van der Waals surface area contributed by atoms with Gasteiger partial charge in [-0.05, 0) is 31.9 Å². The lowest BCUT2D eigenvalue weighted by molar-refractivity contribution is 0.245. The average Bonchev–Trinajstić information content (AvgIpc) is 2.25. The van der Waals surface area contributed by atoms with E-state index in [2.05, 4.69) is 30.1 Å². The van der Waals surface area contributed by atoms with Crippen molar-refractivity contribution < 1.29 is 0 Å². The van der Waals surface area contributed by atoms with Gasteiger partial charge in [0.2, 0.25) is 0 Å². The average molecular weight is 239 g/mol. The van der Waals surface area contributed by atoms with E-state index in [-0.39, 0.29) is 0 Å². The molecule has 1 unspecified atom stereocenters. The van der Waals surface area contributed by atoms with Crippen molar-refractivity contribution in [3.05, 3.63) is 24.0 Å². The van der Waals surface area contributed by atoms with Gasteiger partial charge in [0.05, 0.1) is 5.69 Å². The highest BCUT2D eigenvalue weighted by molar-refractivity contribution is 7.98. The highest BCUT2D eigenvalue weighted by Crippen LogP contribution is 2.12. The number of rotatable bonds is 6. The van der Waals surface area contributed by atoms with Crippen molar-refractivity contribution in [1.29, 1.82) is 0 Å². The van der Waals surface area contributed by atoms with E-state index in [0.29, 0.717) is 6.04 Å². The third-order valence-electron chi connectivity index (χ3n) is 2.71. The first kappa shape index (κ1) is 13.3. The van der Waals surface area contributed by atoms with Crippen molar-refractivity contribution in [2.75, 3.05) is 24.8 Å². The second-order valence-corrected chi connectivity index (χ2v) is 4.92. The van der Waals surface area contributed by atoms with Crippen molar-refractivity contribution in [3.8, 4) is 0 Å². The summed E-state index contributed by atoms with van der Waals surface area (Å²) in [6.45, 7) is 3.09. The van der Waals surface area contributed by atoms with Crippen LogP contribution in [0.25, 0.3) is 0 Å². The van der Waals surface area contributed by atoms with Gasteiger partial charge in [-0.25, -0.2) is 0 Å². The third-order valence-corrected chi connectivity index (χ3v) is 3.42. The number of hydrogen-bond donors (Lipinski definition) is 1. The summed E-state index contributed by atoms with van der Waals surface area (Å²) in [5.74, 6) is 1.16. The molecular weight excluding hydrogens is 218 g/mol. The molecule has 0 saturated carbocycles. The minimum absolute atomic E-state index is 0.609. The molecule has 0 aromatic carbocycles. The van der Waals surface area contributed by atoms with Crippen LogP contribution < -0.4 is 5.73 Å². The van der Waals surface area contributed by atoms with Crippen molar-refractivity contribution in [3.63, 3.8) is 0 Å². The number of anilines is 1. The molecule has 1 aromatic rings. The zero-order valence-corrected chi connectivity index (χ0v) is 11.1. The maximum absolute atomic E-state index is 5.74. The zero-order valence-electron chi connectivity index (χ0n) is 10.3. The largest absolute Gasteiger partial charge is 0.399 e. The summed E-state index contributed by atoms with van der Waals surface area (Å²) in [5, 5.41) is 0. The predicted molar refractivity (Wildman–Crippen MR) is 72.6 cm³/mol. The number of nitrogen functional groups attached to an aromatic ring is 1. The number of pyridine rings is 1. The summed E-state index contributed by atoms with van der Waals surface area (Å²) >= 11 is 1.89. The Morgan fingerprint density at radius 2 is 2.31 bits per heavy atom. The SMILES string of the molecule is CCC(CSC)N(C)Cc1cc(N)ccn1. The molecule has 1 aromatic heterocycles. The van der Waals surface area contributed by atoms with E-state index in [1.54, 1.807) is 6.20 Å². The standard InChI is InChI=1S/C12H21N3S/c1-4-12(9-16-3)15(2)8-11-7-10(13)5-6-14-11/h5-7,12H,4,8-9H2,1-3H3,(H2,13,14). The number of nitrogens with two attached hydrogens (primary N) is 1. The van der Waals surface area contributed by atoms with Gasteiger partial charge in [0.15, 0.2) is 0 Å². The number of aromatic nitrogens is 1. The fourth-order valence-corrected chi connectivity index (χ4v) is 2.59. The Labute approximate surface area is 102 Å². The zero-order chi connectivity index (χ0) is 12.0. The highest BCUT2D eigenvalue weighted by atomic mass is 32.2. The van der Waals surface area contributed by atoms with Gasteiger partial charge in [-0.1, -0.05) is 6.92 Å². The van der Waals surface area contributed by atoms with E-state index in [0.717, 1.165) is 23.7 Å². The second-order valence-electron chi connectivity index (χ2n) is 4.01. The van der Waals surface area contributed by atoms with Crippen LogP contribution in [0.1, 0.15) is 19.0 Å². The van der Waals surface area contributed by atoms with Crippen molar-refractivity contribution in [2.24, 2.45) is 0 Å². The first-order chi connectivity index (χ1) is 7.67. The van der Waals surface area contributed by atoms with E-state index in [4.69, 9.17) is 5.73 Å². The molecule has 0 spiro atoms. The van der Waals surface area contributed by atoms with Gasteiger partial charge in [0.1, 0.15) is 0 Å². The van der Waals surface area contributed by atoms with Gasteiger partial charge < -0.3 is 5.73 Å². The summed E-state index contributed by atoms with van der Waals surface area (Å²) in [7, 11) is 2.15. The second kappa shape index (κ2) is 6.76. The fraction of sp³-hybridized carbons (Fsp3) is 0.583. The number of thioether (sulfide) groups is 1. The molecule has 0 fully saturated rings. The molecule has 0 aliphatic rings. The third kappa shape index (κ3) is 4.02. The molecular formula is C12H21N3S. The monoisotopic (exact) mass is 239 g/mol. The lowest BCUT2D eigenvalue weighted by atomic mass is 10.2. The van der Waals surface area contributed by atoms with Gasteiger partial charge in [0, 0.05) is 30.2 Å². The summed E-state index contributed by atoms with van der Waals surface area (Å²) in [6, 6.07) is 4.38. The van der Waals surface area contributed by atoms with Crippen LogP contribution in [-0.4, -0.2) is 35.0 Å². The van der Waals surface area contributed by atoms with Gasteiger partial charge in [0.25, 0.3) is 0 Å². The van der Waals surface area contributed by atoms with E-state index >= 15 is 0 Å². The van der Waals surface area contributed by atoms with Crippen molar-refractivity contribution in [2.45, 2.75) is 25.9 Å². The molecule has 16 heavy (non-hydrogen) atoms. The topological polar surface area (TPSA) is 42.1 Å². The smallest absolute Gasteiger partial charge is 0.0564 e. The van der Waals surface area contributed by atoms with Crippen LogP contribution in [-0.2, 0) is 6.54 Å². The van der Waals surface area contributed by atoms with Gasteiger partial charge in [-0.2, -0.15) is 11.8 Å². The van der Waals surface area contributed by atoms with Crippen LogP contribution >= 0.6 is 11.8 Å². The quantitative estimate of drug-likeness (QED) is 0.826. The summed E-state index contributed by atoms with van der Waals surface area (Å²) in [5.41, 5.74) is 7.57. The van der Waals surface area contributed by atoms with Gasteiger partial charge in [-0.15, -0.1) is 0 Å². The minimum atomic E-state index is 0.609. The van der Waals surface area contributed by atoms with Crippen LogP contribution in [0.5, 0.6) is 0 Å². The number of nitrogens with zero attached hydrogens (tertiary/aromatic N) is 2. The van der Waals surface area contributed by atoms with Gasteiger partial charge >= 0.3 is 0 Å². The molecule has 0 aliphatic carbocycles. The molecule has 0 radical (unpaired) electrons. The summed E-state index contributed by atoms with van der Waals surface area (Å²) in [6.07, 6.45) is 5.09. The molecule has 1 rings (SSSR count). The van der Waals surface area contributed by atoms with Gasteiger partial charge in [-0.3, -0.25) is 9.88 Å². The van der Waals surface area contributed by atoms with Crippen molar-refractivity contribution >= 4 is 17.4 Å². The maximum atomic E-state index is 5.74. The fourth-order valence-electron chi connectivity index (χ4n) is 1.72. The van der Waals surface area contributed by atoms with E-state index in [1.165, 1.54) is 6.42 Å². The first-order valence-corrected chi connectivity index (χ1v) is 6.96. The molecule has 90 valence electrons. The molecule has 0 saturated heterocycles.